The summed E-state index contributed by atoms with van der Waals surface area (Å²) >= 11 is 0. The third-order valence-electron chi connectivity index (χ3n) is 3.22. The van der Waals surface area contributed by atoms with Crippen molar-refractivity contribution >= 4 is 5.91 Å². The van der Waals surface area contributed by atoms with Gasteiger partial charge in [0.05, 0.1) is 6.10 Å². The van der Waals surface area contributed by atoms with Crippen molar-refractivity contribution in [2.45, 2.75) is 51.9 Å². The highest BCUT2D eigenvalue weighted by Gasteiger charge is 2.40. The Bertz CT molecular complexity index is 542. The first-order chi connectivity index (χ1) is 8.79. The predicted molar refractivity (Wildman–Crippen MR) is 71.9 cm³/mol. The van der Waals surface area contributed by atoms with Crippen molar-refractivity contribution in [3.05, 3.63) is 33.7 Å². The number of carbonyl (C=O) groups is 1. The summed E-state index contributed by atoms with van der Waals surface area (Å²) in [7, 11) is 0. The van der Waals surface area contributed by atoms with Gasteiger partial charge in [0.15, 0.2) is 6.10 Å². The van der Waals surface area contributed by atoms with Gasteiger partial charge in [-0.3, -0.25) is 9.59 Å². The predicted octanol–water partition coefficient (Wildman–Crippen LogP) is 1.08. The van der Waals surface area contributed by atoms with Crippen LogP contribution in [0.3, 0.4) is 0 Å². The second-order valence-electron chi connectivity index (χ2n) is 5.96. The third-order valence-corrected chi connectivity index (χ3v) is 3.22. The van der Waals surface area contributed by atoms with Gasteiger partial charge < -0.3 is 15.0 Å². The third kappa shape index (κ3) is 3.23. The maximum absolute atomic E-state index is 11.9. The van der Waals surface area contributed by atoms with Gasteiger partial charge in [0.2, 0.25) is 0 Å². The fourth-order valence-electron chi connectivity index (χ4n) is 1.82. The van der Waals surface area contributed by atoms with Gasteiger partial charge in [0.1, 0.15) is 0 Å². The average molecular weight is 264 g/mol. The number of epoxide rings is 1. The lowest BCUT2D eigenvalue weighted by Gasteiger charge is -2.18. The van der Waals surface area contributed by atoms with Crippen molar-refractivity contribution in [1.29, 1.82) is 0 Å². The largest absolute Gasteiger partial charge is 0.359 e. The molecule has 1 amide bonds. The Hall–Kier alpha value is -1.62. The number of rotatable bonds is 3. The van der Waals surface area contributed by atoms with E-state index in [0.717, 1.165) is 5.69 Å². The molecule has 1 saturated heterocycles. The number of pyridine rings is 1. The van der Waals surface area contributed by atoms with E-state index in [1.165, 1.54) is 0 Å². The van der Waals surface area contributed by atoms with Crippen LogP contribution in [0.15, 0.2) is 16.9 Å². The molecule has 0 spiro atoms. The Morgan fingerprint density at radius 1 is 1.42 bits per heavy atom. The van der Waals surface area contributed by atoms with Crippen LogP contribution in [0.5, 0.6) is 0 Å². The normalized spacial score (nSPS) is 22.1. The molecule has 1 aliphatic rings. The van der Waals surface area contributed by atoms with Crippen molar-refractivity contribution < 1.29 is 9.53 Å². The molecule has 1 aliphatic heterocycles. The molecule has 19 heavy (non-hydrogen) atoms. The second-order valence-corrected chi connectivity index (χ2v) is 5.96. The topological polar surface area (TPSA) is 74.5 Å². The number of amides is 1. The van der Waals surface area contributed by atoms with Crippen LogP contribution in [-0.4, -0.2) is 23.1 Å². The SMILES string of the molecule is C[C@@H]1O[C@H]1C(=O)NCc1ccc(C(C)(C)C)[nH]c1=O. The summed E-state index contributed by atoms with van der Waals surface area (Å²) in [6, 6.07) is 3.65. The summed E-state index contributed by atoms with van der Waals surface area (Å²) in [6.07, 6.45) is -0.366. The highest BCUT2D eigenvalue weighted by atomic mass is 16.6. The summed E-state index contributed by atoms with van der Waals surface area (Å²) in [5.41, 5.74) is 1.18. The number of nitrogens with one attached hydrogen (secondary N) is 2. The Balaban J connectivity index is 2.02. The zero-order chi connectivity index (χ0) is 14.2. The summed E-state index contributed by atoms with van der Waals surface area (Å²) in [6.45, 7) is 8.17. The van der Waals surface area contributed by atoms with Gasteiger partial charge in [0, 0.05) is 23.2 Å². The molecule has 2 rings (SSSR count). The summed E-state index contributed by atoms with van der Waals surface area (Å²) in [4.78, 5) is 26.3. The average Bonchev–Trinajstić information content (AvgIpc) is 3.03. The first-order valence-electron chi connectivity index (χ1n) is 6.45. The Kier molecular flexibility index (Phi) is 3.49. The van der Waals surface area contributed by atoms with Crippen molar-refractivity contribution in [1.82, 2.24) is 10.3 Å². The van der Waals surface area contributed by atoms with Gasteiger partial charge in [-0.1, -0.05) is 20.8 Å². The lowest BCUT2D eigenvalue weighted by molar-refractivity contribution is -0.122. The molecule has 2 atom stereocenters. The standard InChI is InChI=1S/C14H20N2O3/c1-8-11(19-8)13(18)15-7-9-5-6-10(14(2,3)4)16-12(9)17/h5-6,8,11H,7H2,1-4H3,(H,15,18)(H,16,17)/t8-,11+/m0/s1. The van der Waals surface area contributed by atoms with Crippen LogP contribution < -0.4 is 10.9 Å². The monoisotopic (exact) mass is 264 g/mol. The molecule has 0 aliphatic carbocycles. The highest BCUT2D eigenvalue weighted by molar-refractivity contribution is 5.83. The van der Waals surface area contributed by atoms with Gasteiger partial charge in [-0.15, -0.1) is 0 Å². The van der Waals surface area contributed by atoms with Crippen LogP contribution in [0.25, 0.3) is 0 Å². The summed E-state index contributed by atoms with van der Waals surface area (Å²) in [5.74, 6) is -0.160. The first kappa shape index (κ1) is 13.8. The number of ether oxygens (including phenoxy) is 1. The minimum atomic E-state index is -0.354. The number of carbonyl (C=O) groups excluding carboxylic acids is 1. The Labute approximate surface area is 112 Å². The van der Waals surface area contributed by atoms with Crippen molar-refractivity contribution in [3.8, 4) is 0 Å². The molecule has 0 saturated carbocycles. The lowest BCUT2D eigenvalue weighted by Crippen LogP contribution is -2.31. The van der Waals surface area contributed by atoms with Gasteiger partial charge in [0.25, 0.3) is 11.5 Å². The molecule has 2 N–H and O–H groups in total. The zero-order valence-corrected chi connectivity index (χ0v) is 11.7. The molecule has 1 aromatic heterocycles. The fourth-order valence-corrected chi connectivity index (χ4v) is 1.82. The number of aromatic nitrogens is 1. The van der Waals surface area contributed by atoms with Gasteiger partial charge in [-0.05, 0) is 19.1 Å². The van der Waals surface area contributed by atoms with Gasteiger partial charge in [-0.25, -0.2) is 0 Å². The van der Waals surface area contributed by atoms with Crippen LogP contribution in [-0.2, 0) is 21.5 Å². The minimum Gasteiger partial charge on any atom is -0.359 e. The maximum atomic E-state index is 11.9. The Morgan fingerprint density at radius 2 is 2.05 bits per heavy atom. The number of aromatic amines is 1. The van der Waals surface area contributed by atoms with E-state index >= 15 is 0 Å². The van der Waals surface area contributed by atoms with Gasteiger partial charge in [-0.2, -0.15) is 0 Å². The van der Waals surface area contributed by atoms with Crippen LogP contribution in [0.2, 0.25) is 0 Å². The summed E-state index contributed by atoms with van der Waals surface area (Å²) < 4.78 is 5.06. The van der Waals surface area contributed by atoms with Crippen LogP contribution >= 0.6 is 0 Å². The molecule has 0 radical (unpaired) electrons. The quantitative estimate of drug-likeness (QED) is 0.802. The molecular formula is C14H20N2O3. The molecule has 1 fully saturated rings. The van der Waals surface area contributed by atoms with Crippen LogP contribution in [0.1, 0.15) is 39.0 Å². The smallest absolute Gasteiger partial charge is 0.253 e. The summed E-state index contributed by atoms with van der Waals surface area (Å²) in [5, 5.41) is 2.71. The van der Waals surface area contributed by atoms with E-state index in [2.05, 4.69) is 10.3 Å². The van der Waals surface area contributed by atoms with E-state index in [-0.39, 0.29) is 35.6 Å². The second kappa shape index (κ2) is 4.81. The molecule has 0 bridgehead atoms. The van der Waals surface area contributed by atoms with E-state index < -0.39 is 0 Å². The van der Waals surface area contributed by atoms with E-state index in [1.54, 1.807) is 6.07 Å². The first-order valence-corrected chi connectivity index (χ1v) is 6.45. The fraction of sp³-hybridized carbons (Fsp3) is 0.571. The van der Waals surface area contributed by atoms with Crippen molar-refractivity contribution in [2.75, 3.05) is 0 Å². The number of hydrogen-bond acceptors (Lipinski definition) is 3. The molecule has 104 valence electrons. The highest BCUT2D eigenvalue weighted by Crippen LogP contribution is 2.21. The molecule has 5 nitrogen and oxygen atoms in total. The molecule has 0 aromatic carbocycles. The molecule has 1 aromatic rings. The zero-order valence-electron chi connectivity index (χ0n) is 11.7. The van der Waals surface area contributed by atoms with Crippen LogP contribution in [0.4, 0.5) is 0 Å². The van der Waals surface area contributed by atoms with E-state index in [0.29, 0.717) is 5.56 Å². The number of hydrogen-bond donors (Lipinski definition) is 2. The van der Waals surface area contributed by atoms with Crippen molar-refractivity contribution in [3.63, 3.8) is 0 Å². The molecular weight excluding hydrogens is 244 g/mol. The van der Waals surface area contributed by atoms with E-state index in [9.17, 15) is 9.59 Å². The molecule has 2 heterocycles. The Morgan fingerprint density at radius 3 is 2.53 bits per heavy atom. The van der Waals surface area contributed by atoms with Crippen molar-refractivity contribution in [2.24, 2.45) is 0 Å². The molecule has 0 unspecified atom stereocenters. The van der Waals surface area contributed by atoms with Gasteiger partial charge >= 0.3 is 0 Å². The maximum Gasteiger partial charge on any atom is 0.253 e. The molecule has 5 heteroatoms. The minimum absolute atomic E-state index is 0.0125. The number of H-pyrrole nitrogens is 1. The van der Waals surface area contributed by atoms with Crippen LogP contribution in [0, 0.1) is 0 Å². The van der Waals surface area contributed by atoms with E-state index in [4.69, 9.17) is 4.74 Å². The lowest BCUT2D eigenvalue weighted by atomic mass is 9.91. The van der Waals surface area contributed by atoms with E-state index in [1.807, 2.05) is 33.8 Å².